The van der Waals surface area contributed by atoms with E-state index < -0.39 is 27.2 Å². The van der Waals surface area contributed by atoms with E-state index in [0.717, 1.165) is 0 Å². The molecule has 2 atom stereocenters. The Morgan fingerprint density at radius 1 is 1.09 bits per heavy atom. The second kappa shape index (κ2) is 11.0. The monoisotopic (exact) mass is 495 g/mol. The normalized spacial score (nSPS) is 13.8. The zero-order valence-corrected chi connectivity index (χ0v) is 20.3. The fourth-order valence-corrected chi connectivity index (χ4v) is 4.57. The molecule has 0 spiro atoms. The van der Waals surface area contributed by atoms with Gasteiger partial charge in [-0.15, -0.1) is 10.2 Å². The molecule has 3 aromatic heterocycles. The number of nitrogens with one attached hydrogen (secondary N) is 1. The topological polar surface area (TPSA) is 134 Å². The molecule has 0 bridgehead atoms. The van der Waals surface area contributed by atoms with E-state index in [1.165, 1.54) is 12.4 Å². The fourth-order valence-electron chi connectivity index (χ4n) is 3.24. The van der Waals surface area contributed by atoms with E-state index in [0.29, 0.717) is 22.2 Å². The number of ether oxygens (including phenoxy) is 2. The zero-order valence-electron chi connectivity index (χ0n) is 18.7. The maximum atomic E-state index is 13.3. The van der Waals surface area contributed by atoms with Gasteiger partial charge in [0.25, 0.3) is 0 Å². The first-order chi connectivity index (χ1) is 15.8. The molecule has 0 aliphatic carbocycles. The molecule has 0 aliphatic rings. The molecule has 33 heavy (non-hydrogen) atoms. The third kappa shape index (κ3) is 5.82. The molecular formula is C20H26ClN7O4S. The van der Waals surface area contributed by atoms with Crippen LogP contribution in [-0.4, -0.2) is 70.8 Å². The van der Waals surface area contributed by atoms with Crippen LogP contribution in [0.1, 0.15) is 31.6 Å². The molecule has 0 fully saturated rings. The highest BCUT2D eigenvalue weighted by Crippen LogP contribution is 2.28. The third-order valence-electron chi connectivity index (χ3n) is 5.17. The predicted molar refractivity (Wildman–Crippen MR) is 124 cm³/mol. The second-order valence-corrected chi connectivity index (χ2v) is 9.90. The van der Waals surface area contributed by atoms with Crippen LogP contribution in [0, 0.1) is 0 Å². The summed E-state index contributed by atoms with van der Waals surface area (Å²) in [5.74, 6) is 0.333. The lowest BCUT2D eigenvalue weighted by atomic mass is 10.1. The zero-order chi connectivity index (χ0) is 24.0. The number of aromatic nitrogens is 6. The highest BCUT2D eigenvalue weighted by atomic mass is 35.5. The van der Waals surface area contributed by atoms with Gasteiger partial charge in [0.2, 0.25) is 16.0 Å². The van der Waals surface area contributed by atoms with Crippen LogP contribution in [0.3, 0.4) is 0 Å². The van der Waals surface area contributed by atoms with Crippen molar-refractivity contribution < 1.29 is 17.9 Å². The molecule has 0 aromatic carbocycles. The first-order valence-electron chi connectivity index (χ1n) is 10.1. The average Bonchev–Trinajstić information content (AvgIpc) is 3.21. The molecule has 0 aliphatic heterocycles. The SMILES string of the molecule is COCC(COC)n1c(NS(=O)(=O)C(C)C(C)c2ncc(Cl)cn2)nnc1-c1cccnc1. The number of pyridine rings is 1. The molecule has 13 heteroatoms. The Labute approximate surface area is 197 Å². The summed E-state index contributed by atoms with van der Waals surface area (Å²) >= 11 is 5.85. The number of rotatable bonds is 11. The summed E-state index contributed by atoms with van der Waals surface area (Å²) in [5, 5.41) is 7.84. The summed E-state index contributed by atoms with van der Waals surface area (Å²) < 4.78 is 41.4. The lowest BCUT2D eigenvalue weighted by Gasteiger charge is -2.23. The molecule has 1 N–H and O–H groups in total. The Hall–Kier alpha value is -2.67. The van der Waals surface area contributed by atoms with Crippen molar-refractivity contribution in [3.8, 4) is 11.4 Å². The van der Waals surface area contributed by atoms with Gasteiger partial charge in [-0.3, -0.25) is 14.3 Å². The maximum Gasteiger partial charge on any atom is 0.238 e. The van der Waals surface area contributed by atoms with Gasteiger partial charge in [-0.1, -0.05) is 18.5 Å². The van der Waals surface area contributed by atoms with Crippen molar-refractivity contribution >= 4 is 27.6 Å². The summed E-state index contributed by atoms with van der Waals surface area (Å²) in [7, 11) is -0.805. The van der Waals surface area contributed by atoms with Crippen LogP contribution in [-0.2, 0) is 19.5 Å². The first-order valence-corrected chi connectivity index (χ1v) is 12.0. The predicted octanol–water partition coefficient (Wildman–Crippen LogP) is 2.55. The number of hydrogen-bond donors (Lipinski definition) is 1. The van der Waals surface area contributed by atoms with Gasteiger partial charge in [0.15, 0.2) is 5.82 Å². The van der Waals surface area contributed by atoms with E-state index in [4.69, 9.17) is 21.1 Å². The van der Waals surface area contributed by atoms with Crippen LogP contribution in [0.4, 0.5) is 5.95 Å². The van der Waals surface area contributed by atoms with Gasteiger partial charge in [-0.25, -0.2) is 18.4 Å². The minimum Gasteiger partial charge on any atom is -0.382 e. The Kier molecular flexibility index (Phi) is 8.30. The molecule has 0 saturated heterocycles. The van der Waals surface area contributed by atoms with E-state index in [1.807, 2.05) is 6.07 Å². The lowest BCUT2D eigenvalue weighted by molar-refractivity contribution is 0.0909. The van der Waals surface area contributed by atoms with Crippen LogP contribution in [0.2, 0.25) is 5.02 Å². The number of nitrogens with zero attached hydrogens (tertiary/aromatic N) is 6. The van der Waals surface area contributed by atoms with Crippen molar-refractivity contribution in [3.05, 3.63) is 47.8 Å². The number of anilines is 1. The van der Waals surface area contributed by atoms with Crippen LogP contribution in [0.15, 0.2) is 36.9 Å². The summed E-state index contributed by atoms with van der Waals surface area (Å²) in [6.07, 6.45) is 6.13. The van der Waals surface area contributed by atoms with Gasteiger partial charge in [-0.2, -0.15) is 0 Å². The quantitative estimate of drug-likeness (QED) is 0.425. The number of halogens is 1. The molecule has 178 valence electrons. The van der Waals surface area contributed by atoms with E-state index in [9.17, 15) is 8.42 Å². The third-order valence-corrected chi connectivity index (χ3v) is 7.22. The number of methoxy groups -OCH3 is 2. The molecule has 3 aromatic rings. The largest absolute Gasteiger partial charge is 0.382 e. The standard InChI is InChI=1S/C20H26ClN7O4S/c1-13(18-23-9-16(21)10-24-18)14(2)33(29,30)27-20-26-25-19(15-6-5-7-22-8-15)28(20)17(11-31-3)12-32-4/h5-10,13-14,17H,11-12H2,1-4H3,(H,26,27). The fraction of sp³-hybridized carbons (Fsp3) is 0.450. The van der Waals surface area contributed by atoms with Crippen molar-refractivity contribution in [2.75, 3.05) is 32.2 Å². The van der Waals surface area contributed by atoms with Crippen molar-refractivity contribution in [2.45, 2.75) is 31.1 Å². The van der Waals surface area contributed by atoms with Crippen molar-refractivity contribution in [1.82, 2.24) is 29.7 Å². The Morgan fingerprint density at radius 2 is 1.76 bits per heavy atom. The van der Waals surface area contributed by atoms with E-state index in [-0.39, 0.29) is 19.2 Å². The average molecular weight is 496 g/mol. The van der Waals surface area contributed by atoms with Crippen molar-refractivity contribution in [2.24, 2.45) is 0 Å². The van der Waals surface area contributed by atoms with Crippen LogP contribution < -0.4 is 4.72 Å². The van der Waals surface area contributed by atoms with Gasteiger partial charge in [-0.05, 0) is 19.1 Å². The molecule has 3 rings (SSSR count). The van der Waals surface area contributed by atoms with Gasteiger partial charge in [0.05, 0.1) is 29.5 Å². The van der Waals surface area contributed by atoms with Crippen molar-refractivity contribution in [3.63, 3.8) is 0 Å². The number of hydrogen-bond acceptors (Lipinski definition) is 9. The minimum absolute atomic E-state index is 0.0454. The molecule has 11 nitrogen and oxygen atoms in total. The Bertz CT molecular complexity index is 1140. The van der Waals surface area contributed by atoms with E-state index >= 15 is 0 Å². The van der Waals surface area contributed by atoms with Crippen LogP contribution >= 0.6 is 11.6 Å². The minimum atomic E-state index is -3.91. The maximum absolute atomic E-state index is 13.3. The van der Waals surface area contributed by atoms with E-state index in [2.05, 4.69) is 29.9 Å². The molecule has 0 saturated carbocycles. The van der Waals surface area contributed by atoms with Gasteiger partial charge < -0.3 is 9.47 Å². The smallest absolute Gasteiger partial charge is 0.238 e. The molecule has 0 radical (unpaired) electrons. The summed E-state index contributed by atoms with van der Waals surface area (Å²) in [6, 6.07) is 3.18. The second-order valence-electron chi connectivity index (χ2n) is 7.42. The lowest BCUT2D eigenvalue weighted by Crippen LogP contribution is -2.32. The van der Waals surface area contributed by atoms with Gasteiger partial charge in [0.1, 0.15) is 5.82 Å². The van der Waals surface area contributed by atoms with Crippen LogP contribution in [0.25, 0.3) is 11.4 Å². The van der Waals surface area contributed by atoms with E-state index in [1.54, 1.807) is 51.1 Å². The molecule has 0 amide bonds. The van der Waals surface area contributed by atoms with Gasteiger partial charge in [0, 0.05) is 50.5 Å². The molecular weight excluding hydrogens is 470 g/mol. The Morgan fingerprint density at radius 3 is 2.33 bits per heavy atom. The highest BCUT2D eigenvalue weighted by Gasteiger charge is 2.32. The molecule has 3 heterocycles. The van der Waals surface area contributed by atoms with Gasteiger partial charge >= 0.3 is 0 Å². The summed E-state index contributed by atoms with van der Waals surface area (Å²) in [4.78, 5) is 12.4. The highest BCUT2D eigenvalue weighted by molar-refractivity contribution is 7.93. The van der Waals surface area contributed by atoms with Crippen LogP contribution in [0.5, 0.6) is 0 Å². The Balaban J connectivity index is 1.97. The number of sulfonamides is 1. The summed E-state index contributed by atoms with van der Waals surface area (Å²) in [6.45, 7) is 3.81. The first kappa shape index (κ1) is 25.0. The van der Waals surface area contributed by atoms with Crippen molar-refractivity contribution in [1.29, 1.82) is 0 Å². The molecule has 2 unspecified atom stereocenters. The summed E-state index contributed by atoms with van der Waals surface area (Å²) in [5.41, 5.74) is 0.670.